The molecular formula is C16H32IN5O2. The molecule has 0 aliphatic heterocycles. The highest BCUT2D eigenvalue weighted by molar-refractivity contribution is 14.0. The maximum absolute atomic E-state index is 5.44. The molecule has 0 saturated carbocycles. The predicted octanol–water partition coefficient (Wildman–Crippen LogP) is 3.28. The molecule has 1 atom stereocenters. The van der Waals surface area contributed by atoms with E-state index < -0.39 is 0 Å². The van der Waals surface area contributed by atoms with Crippen LogP contribution < -0.4 is 10.6 Å². The fraction of sp³-hybridized carbons (Fsp3) is 0.812. The molecule has 140 valence electrons. The average Bonchev–Trinajstić information content (AvgIpc) is 2.98. The molecule has 1 aromatic heterocycles. The Hall–Kier alpha value is -0.900. The molecule has 0 radical (unpaired) electrons. The maximum atomic E-state index is 5.44. The van der Waals surface area contributed by atoms with Crippen LogP contribution in [0.1, 0.15) is 65.3 Å². The van der Waals surface area contributed by atoms with Crippen LogP contribution in [0.4, 0.5) is 0 Å². The van der Waals surface area contributed by atoms with Gasteiger partial charge in [0.1, 0.15) is 12.6 Å². The lowest BCUT2D eigenvalue weighted by molar-refractivity contribution is 0.0683. The highest BCUT2D eigenvalue weighted by atomic mass is 127. The van der Waals surface area contributed by atoms with E-state index in [4.69, 9.17) is 9.26 Å². The van der Waals surface area contributed by atoms with Crippen molar-refractivity contribution >= 4 is 29.9 Å². The molecule has 24 heavy (non-hydrogen) atoms. The number of guanidine groups is 1. The predicted molar refractivity (Wildman–Crippen MR) is 107 cm³/mol. The molecule has 0 aliphatic carbocycles. The normalized spacial score (nSPS) is 12.8. The van der Waals surface area contributed by atoms with Crippen LogP contribution in [-0.4, -0.2) is 35.8 Å². The van der Waals surface area contributed by atoms with Crippen LogP contribution >= 0.6 is 24.0 Å². The fourth-order valence-corrected chi connectivity index (χ4v) is 2.03. The number of nitrogens with one attached hydrogen (secondary N) is 2. The summed E-state index contributed by atoms with van der Waals surface area (Å²) >= 11 is 0. The molecule has 0 saturated heterocycles. The van der Waals surface area contributed by atoms with Gasteiger partial charge in [0.25, 0.3) is 0 Å². The van der Waals surface area contributed by atoms with Crippen LogP contribution in [-0.2, 0) is 11.3 Å². The van der Waals surface area contributed by atoms with E-state index in [1.54, 1.807) is 0 Å². The SMILES string of the molecule is CCNC(=NCc1nc(C(C)OCC)no1)NCCCC(C)C.I. The number of hydrogen-bond acceptors (Lipinski definition) is 5. The summed E-state index contributed by atoms with van der Waals surface area (Å²) in [7, 11) is 0. The van der Waals surface area contributed by atoms with Crippen LogP contribution in [0.15, 0.2) is 9.52 Å². The summed E-state index contributed by atoms with van der Waals surface area (Å²) in [6.45, 7) is 13.0. The molecule has 1 aromatic rings. The average molecular weight is 453 g/mol. The van der Waals surface area contributed by atoms with Crippen LogP contribution in [0.5, 0.6) is 0 Å². The largest absolute Gasteiger partial charge is 0.371 e. The Morgan fingerprint density at radius 3 is 2.62 bits per heavy atom. The highest BCUT2D eigenvalue weighted by Gasteiger charge is 2.13. The van der Waals surface area contributed by atoms with Gasteiger partial charge in [-0.3, -0.25) is 0 Å². The number of ether oxygens (including phenoxy) is 1. The standard InChI is InChI=1S/C16H31N5O2.HI/c1-6-17-16(18-10-8-9-12(3)4)19-11-14-20-15(21-23-14)13(5)22-7-2;/h12-13H,6-11H2,1-5H3,(H2,17,18,19);1H. The molecule has 1 unspecified atom stereocenters. The van der Waals surface area contributed by atoms with Crippen LogP contribution in [0, 0.1) is 5.92 Å². The number of aliphatic imine (C=N–C) groups is 1. The lowest BCUT2D eigenvalue weighted by atomic mass is 10.1. The zero-order valence-corrected chi connectivity index (χ0v) is 17.8. The molecule has 1 heterocycles. The quantitative estimate of drug-likeness (QED) is 0.245. The van der Waals surface area contributed by atoms with Gasteiger partial charge in [0, 0.05) is 19.7 Å². The topological polar surface area (TPSA) is 84.6 Å². The Bertz CT molecular complexity index is 465. The van der Waals surface area contributed by atoms with Crippen molar-refractivity contribution in [2.24, 2.45) is 10.9 Å². The first-order chi connectivity index (χ1) is 11.1. The van der Waals surface area contributed by atoms with Crippen molar-refractivity contribution in [2.75, 3.05) is 19.7 Å². The second-order valence-electron chi connectivity index (χ2n) is 5.80. The Morgan fingerprint density at radius 2 is 2.00 bits per heavy atom. The zero-order valence-electron chi connectivity index (χ0n) is 15.5. The summed E-state index contributed by atoms with van der Waals surface area (Å²) < 4.78 is 10.7. The van der Waals surface area contributed by atoms with Gasteiger partial charge in [0.15, 0.2) is 11.8 Å². The van der Waals surface area contributed by atoms with Crippen molar-refractivity contribution < 1.29 is 9.26 Å². The van der Waals surface area contributed by atoms with Crippen molar-refractivity contribution in [3.8, 4) is 0 Å². The molecule has 0 bridgehead atoms. The summed E-state index contributed by atoms with van der Waals surface area (Å²) in [4.78, 5) is 8.79. The minimum atomic E-state index is -0.163. The smallest absolute Gasteiger partial charge is 0.248 e. The highest BCUT2D eigenvalue weighted by Crippen LogP contribution is 2.12. The molecule has 1 rings (SSSR count). The summed E-state index contributed by atoms with van der Waals surface area (Å²) in [5, 5.41) is 10.5. The van der Waals surface area contributed by atoms with Gasteiger partial charge < -0.3 is 19.9 Å². The van der Waals surface area contributed by atoms with E-state index >= 15 is 0 Å². The minimum Gasteiger partial charge on any atom is -0.371 e. The van der Waals surface area contributed by atoms with Crippen molar-refractivity contribution in [1.29, 1.82) is 0 Å². The van der Waals surface area contributed by atoms with E-state index in [0.717, 1.165) is 31.4 Å². The third-order valence-electron chi connectivity index (χ3n) is 3.23. The van der Waals surface area contributed by atoms with Gasteiger partial charge in [-0.15, -0.1) is 24.0 Å². The van der Waals surface area contributed by atoms with Crippen LogP contribution in [0.3, 0.4) is 0 Å². The lowest BCUT2D eigenvalue weighted by Crippen LogP contribution is -2.37. The van der Waals surface area contributed by atoms with Crippen molar-refractivity contribution in [3.05, 3.63) is 11.7 Å². The number of hydrogen-bond donors (Lipinski definition) is 2. The first kappa shape index (κ1) is 23.1. The van der Waals surface area contributed by atoms with Gasteiger partial charge in [0.05, 0.1) is 0 Å². The molecule has 0 aromatic carbocycles. The minimum absolute atomic E-state index is 0. The zero-order chi connectivity index (χ0) is 17.1. The van der Waals surface area contributed by atoms with E-state index in [-0.39, 0.29) is 30.1 Å². The van der Waals surface area contributed by atoms with Gasteiger partial charge in [0.2, 0.25) is 5.89 Å². The molecule has 0 spiro atoms. The molecule has 0 amide bonds. The molecule has 8 heteroatoms. The fourth-order valence-electron chi connectivity index (χ4n) is 2.03. The van der Waals surface area contributed by atoms with Gasteiger partial charge in [-0.05, 0) is 39.5 Å². The second kappa shape index (κ2) is 13.4. The molecule has 0 aliphatic rings. The Balaban J connectivity index is 0.00000529. The number of nitrogens with zero attached hydrogens (tertiary/aromatic N) is 3. The van der Waals surface area contributed by atoms with Crippen molar-refractivity contribution in [3.63, 3.8) is 0 Å². The second-order valence-corrected chi connectivity index (χ2v) is 5.80. The Morgan fingerprint density at radius 1 is 1.25 bits per heavy atom. The monoisotopic (exact) mass is 453 g/mol. The summed E-state index contributed by atoms with van der Waals surface area (Å²) in [5.74, 6) is 2.55. The summed E-state index contributed by atoms with van der Waals surface area (Å²) in [5.41, 5.74) is 0. The Kier molecular flexibility index (Phi) is 12.9. The number of halogens is 1. The van der Waals surface area contributed by atoms with Gasteiger partial charge >= 0.3 is 0 Å². The molecule has 0 fully saturated rings. The number of aromatic nitrogens is 2. The molecule has 2 N–H and O–H groups in total. The van der Waals surface area contributed by atoms with E-state index in [1.165, 1.54) is 6.42 Å². The molecule has 7 nitrogen and oxygen atoms in total. The lowest BCUT2D eigenvalue weighted by Gasteiger charge is -2.11. The van der Waals surface area contributed by atoms with Crippen molar-refractivity contribution in [1.82, 2.24) is 20.8 Å². The first-order valence-corrected chi connectivity index (χ1v) is 8.53. The van der Waals surface area contributed by atoms with E-state index in [1.807, 2.05) is 20.8 Å². The first-order valence-electron chi connectivity index (χ1n) is 8.53. The van der Waals surface area contributed by atoms with Crippen molar-refractivity contribution in [2.45, 2.75) is 60.1 Å². The van der Waals surface area contributed by atoms with E-state index in [2.05, 4.69) is 39.6 Å². The maximum Gasteiger partial charge on any atom is 0.248 e. The van der Waals surface area contributed by atoms with Gasteiger partial charge in [-0.1, -0.05) is 19.0 Å². The van der Waals surface area contributed by atoms with Crippen LogP contribution in [0.2, 0.25) is 0 Å². The van der Waals surface area contributed by atoms with Gasteiger partial charge in [-0.25, -0.2) is 4.99 Å². The summed E-state index contributed by atoms with van der Waals surface area (Å²) in [6.07, 6.45) is 2.16. The van der Waals surface area contributed by atoms with Gasteiger partial charge in [-0.2, -0.15) is 4.98 Å². The Labute approximate surface area is 162 Å². The van der Waals surface area contributed by atoms with E-state index in [0.29, 0.717) is 24.9 Å². The number of rotatable bonds is 10. The third kappa shape index (κ3) is 9.41. The third-order valence-corrected chi connectivity index (χ3v) is 3.23. The summed E-state index contributed by atoms with van der Waals surface area (Å²) in [6, 6.07) is 0. The molecular weight excluding hydrogens is 421 g/mol. The van der Waals surface area contributed by atoms with E-state index in [9.17, 15) is 0 Å². The van der Waals surface area contributed by atoms with Crippen LogP contribution in [0.25, 0.3) is 0 Å².